The normalized spacial score (nSPS) is 12.1. The molecule has 1 aromatic carbocycles. The summed E-state index contributed by atoms with van der Waals surface area (Å²) in [4.78, 5) is 12.9. The van der Waals surface area contributed by atoms with E-state index in [4.69, 9.17) is 0 Å². The van der Waals surface area contributed by atoms with E-state index in [2.05, 4.69) is 17.6 Å². The van der Waals surface area contributed by atoms with Gasteiger partial charge in [0.25, 0.3) is 0 Å². The Kier molecular flexibility index (Phi) is 7.53. The quantitative estimate of drug-likeness (QED) is 0.560. The maximum Gasteiger partial charge on any atom is 0.233 e. The second-order valence-corrected chi connectivity index (χ2v) is 5.53. The van der Waals surface area contributed by atoms with Gasteiger partial charge in [-0.2, -0.15) is 0 Å². The highest BCUT2D eigenvalue weighted by atomic mass is 32.2. The van der Waals surface area contributed by atoms with Gasteiger partial charge in [-0.05, 0) is 32.0 Å². The van der Waals surface area contributed by atoms with Crippen molar-refractivity contribution in [3.8, 4) is 0 Å². The van der Waals surface area contributed by atoms with Crippen molar-refractivity contribution in [3.63, 3.8) is 0 Å². The van der Waals surface area contributed by atoms with E-state index < -0.39 is 0 Å². The van der Waals surface area contributed by atoms with Gasteiger partial charge in [0.15, 0.2) is 0 Å². The summed E-state index contributed by atoms with van der Waals surface area (Å²) in [6, 6.07) is 10.0. The van der Waals surface area contributed by atoms with Gasteiger partial charge < -0.3 is 10.6 Å². The van der Waals surface area contributed by atoms with Crippen molar-refractivity contribution in [2.75, 3.05) is 19.6 Å². The van der Waals surface area contributed by atoms with E-state index in [0.29, 0.717) is 6.54 Å². The maximum absolute atomic E-state index is 11.8. The third-order valence-electron chi connectivity index (χ3n) is 2.45. The first-order valence-electron chi connectivity index (χ1n) is 6.44. The van der Waals surface area contributed by atoms with Crippen LogP contribution in [0, 0.1) is 0 Å². The number of amides is 1. The zero-order valence-corrected chi connectivity index (χ0v) is 11.9. The summed E-state index contributed by atoms with van der Waals surface area (Å²) in [6.07, 6.45) is 1.12. The SMILES string of the molecule is CCCNCCNC(=O)C(C)Sc1ccccc1. The van der Waals surface area contributed by atoms with Gasteiger partial charge >= 0.3 is 0 Å². The van der Waals surface area contributed by atoms with Crippen molar-refractivity contribution in [1.82, 2.24) is 10.6 Å². The minimum Gasteiger partial charge on any atom is -0.354 e. The monoisotopic (exact) mass is 266 g/mol. The second kappa shape index (κ2) is 9.00. The Morgan fingerprint density at radius 3 is 2.61 bits per heavy atom. The molecular weight excluding hydrogens is 244 g/mol. The molecule has 0 aliphatic heterocycles. The van der Waals surface area contributed by atoms with Crippen molar-refractivity contribution >= 4 is 17.7 Å². The van der Waals surface area contributed by atoms with Gasteiger partial charge in [-0.3, -0.25) is 4.79 Å². The van der Waals surface area contributed by atoms with Crippen LogP contribution in [0.15, 0.2) is 35.2 Å². The van der Waals surface area contributed by atoms with Crippen LogP contribution >= 0.6 is 11.8 Å². The van der Waals surface area contributed by atoms with Crippen LogP contribution in [0.5, 0.6) is 0 Å². The zero-order chi connectivity index (χ0) is 13.2. The van der Waals surface area contributed by atoms with Gasteiger partial charge in [-0.25, -0.2) is 0 Å². The molecule has 0 spiro atoms. The minimum atomic E-state index is -0.0569. The Morgan fingerprint density at radius 2 is 1.94 bits per heavy atom. The predicted octanol–water partition coefficient (Wildman–Crippen LogP) is 2.28. The highest BCUT2D eigenvalue weighted by Crippen LogP contribution is 2.22. The number of carbonyl (C=O) groups excluding carboxylic acids is 1. The van der Waals surface area contributed by atoms with Crippen LogP contribution in [0.25, 0.3) is 0 Å². The lowest BCUT2D eigenvalue weighted by atomic mass is 10.4. The van der Waals surface area contributed by atoms with Crippen LogP contribution < -0.4 is 10.6 Å². The summed E-state index contributed by atoms with van der Waals surface area (Å²) in [6.45, 7) is 6.60. The van der Waals surface area contributed by atoms with Crippen molar-refractivity contribution in [3.05, 3.63) is 30.3 Å². The Bertz CT molecular complexity index is 343. The molecule has 1 atom stereocenters. The van der Waals surface area contributed by atoms with Crippen LogP contribution in [-0.4, -0.2) is 30.8 Å². The molecule has 0 saturated heterocycles. The van der Waals surface area contributed by atoms with Crippen molar-refractivity contribution < 1.29 is 4.79 Å². The molecule has 0 aromatic heterocycles. The molecule has 1 amide bonds. The standard InChI is InChI=1S/C14H22N2OS/c1-3-9-15-10-11-16-14(17)12(2)18-13-7-5-4-6-8-13/h4-8,12,15H,3,9-11H2,1-2H3,(H,16,17). The van der Waals surface area contributed by atoms with Gasteiger partial charge in [0, 0.05) is 18.0 Å². The van der Waals surface area contributed by atoms with Crippen molar-refractivity contribution in [2.45, 2.75) is 30.4 Å². The van der Waals surface area contributed by atoms with E-state index in [1.54, 1.807) is 11.8 Å². The highest BCUT2D eigenvalue weighted by molar-refractivity contribution is 8.00. The lowest BCUT2D eigenvalue weighted by molar-refractivity contribution is -0.120. The lowest BCUT2D eigenvalue weighted by Gasteiger charge is -2.12. The Balaban J connectivity index is 2.21. The van der Waals surface area contributed by atoms with Crippen LogP contribution in [0.2, 0.25) is 0 Å². The molecule has 0 saturated carbocycles. The van der Waals surface area contributed by atoms with E-state index in [1.807, 2.05) is 37.3 Å². The number of rotatable bonds is 8. The molecule has 2 N–H and O–H groups in total. The number of hydrogen-bond acceptors (Lipinski definition) is 3. The van der Waals surface area contributed by atoms with E-state index in [1.165, 1.54) is 0 Å². The molecule has 0 bridgehead atoms. The summed E-state index contributed by atoms with van der Waals surface area (Å²) in [7, 11) is 0. The molecule has 0 heterocycles. The molecule has 0 aliphatic rings. The minimum absolute atomic E-state index is 0.0569. The Morgan fingerprint density at radius 1 is 1.22 bits per heavy atom. The van der Waals surface area contributed by atoms with Crippen LogP contribution in [0.1, 0.15) is 20.3 Å². The molecule has 1 unspecified atom stereocenters. The summed E-state index contributed by atoms with van der Waals surface area (Å²) in [5, 5.41) is 6.14. The van der Waals surface area contributed by atoms with Crippen molar-refractivity contribution in [2.24, 2.45) is 0 Å². The van der Waals surface area contributed by atoms with Gasteiger partial charge in [0.05, 0.1) is 5.25 Å². The molecule has 1 aromatic rings. The first-order chi connectivity index (χ1) is 8.74. The number of benzene rings is 1. The molecule has 100 valence electrons. The Hall–Kier alpha value is -1.00. The zero-order valence-electron chi connectivity index (χ0n) is 11.1. The third-order valence-corrected chi connectivity index (χ3v) is 3.57. The largest absolute Gasteiger partial charge is 0.354 e. The molecule has 0 aliphatic carbocycles. The lowest BCUT2D eigenvalue weighted by Crippen LogP contribution is -2.36. The van der Waals surface area contributed by atoms with Gasteiger partial charge in [0.2, 0.25) is 5.91 Å². The predicted molar refractivity (Wildman–Crippen MR) is 77.9 cm³/mol. The summed E-state index contributed by atoms with van der Waals surface area (Å²) in [5.74, 6) is 0.0992. The number of thioether (sulfide) groups is 1. The number of hydrogen-bond donors (Lipinski definition) is 2. The summed E-state index contributed by atoms with van der Waals surface area (Å²) in [5.41, 5.74) is 0. The first-order valence-corrected chi connectivity index (χ1v) is 7.32. The van der Waals surface area contributed by atoms with Crippen LogP contribution in [0.4, 0.5) is 0 Å². The smallest absolute Gasteiger partial charge is 0.233 e. The first kappa shape index (κ1) is 15.1. The molecular formula is C14H22N2OS. The van der Waals surface area contributed by atoms with Gasteiger partial charge in [0.1, 0.15) is 0 Å². The Labute approximate surface area is 114 Å². The van der Waals surface area contributed by atoms with Gasteiger partial charge in [-0.15, -0.1) is 11.8 Å². The molecule has 0 fully saturated rings. The average Bonchev–Trinajstić information content (AvgIpc) is 2.39. The average molecular weight is 266 g/mol. The van der Waals surface area contributed by atoms with E-state index in [9.17, 15) is 4.79 Å². The fourth-order valence-electron chi connectivity index (χ4n) is 1.48. The molecule has 0 radical (unpaired) electrons. The topological polar surface area (TPSA) is 41.1 Å². The third kappa shape index (κ3) is 6.07. The molecule has 1 rings (SSSR count). The summed E-state index contributed by atoms with van der Waals surface area (Å²) < 4.78 is 0. The van der Waals surface area contributed by atoms with Crippen LogP contribution in [0.3, 0.4) is 0 Å². The van der Waals surface area contributed by atoms with Crippen LogP contribution in [-0.2, 0) is 4.79 Å². The number of nitrogens with one attached hydrogen (secondary N) is 2. The molecule has 4 heteroatoms. The molecule has 3 nitrogen and oxygen atoms in total. The highest BCUT2D eigenvalue weighted by Gasteiger charge is 2.13. The van der Waals surface area contributed by atoms with E-state index in [0.717, 1.165) is 24.4 Å². The van der Waals surface area contributed by atoms with Crippen molar-refractivity contribution in [1.29, 1.82) is 0 Å². The van der Waals surface area contributed by atoms with E-state index in [-0.39, 0.29) is 11.2 Å². The number of carbonyl (C=O) groups is 1. The molecule has 18 heavy (non-hydrogen) atoms. The fraction of sp³-hybridized carbons (Fsp3) is 0.500. The maximum atomic E-state index is 11.8. The second-order valence-electron chi connectivity index (χ2n) is 4.11. The summed E-state index contributed by atoms with van der Waals surface area (Å²) >= 11 is 1.59. The fourth-order valence-corrected chi connectivity index (χ4v) is 2.39. The van der Waals surface area contributed by atoms with E-state index >= 15 is 0 Å². The van der Waals surface area contributed by atoms with Gasteiger partial charge in [-0.1, -0.05) is 25.1 Å².